The van der Waals surface area contributed by atoms with E-state index in [9.17, 15) is 14.7 Å². The second-order valence-electron chi connectivity index (χ2n) is 10.2. The van der Waals surface area contributed by atoms with Crippen molar-refractivity contribution in [2.75, 3.05) is 45.3 Å². The lowest BCUT2D eigenvalue weighted by Crippen LogP contribution is -2.49. The third-order valence-electron chi connectivity index (χ3n) is 7.23. The van der Waals surface area contributed by atoms with Crippen molar-refractivity contribution in [1.29, 1.82) is 0 Å². The number of nitrogens with one attached hydrogen (secondary N) is 1. The minimum absolute atomic E-state index is 0.0229. The minimum Gasteiger partial charge on any atom is -0.486 e. The standard InChI is InChI=1S/C28H38N4O5/c1-19-15-32(20(2)18-33)28(35)23-5-4-6-24(30-27(34)22-9-13-36-14-10-22)26(23)37-25(19)17-31(3)16-21-7-11-29-12-8-21/h4-8,11-12,19-20,22,25,33H,9-10,13-18H2,1-3H3,(H,30,34)/t19-,20+,25-/m1/s1. The molecule has 2 aromatic rings. The first-order chi connectivity index (χ1) is 17.9. The summed E-state index contributed by atoms with van der Waals surface area (Å²) in [7, 11) is 2.04. The number of nitrogens with zero attached hydrogens (tertiary/aromatic N) is 3. The molecule has 2 amide bonds. The van der Waals surface area contributed by atoms with E-state index in [1.165, 1.54) is 0 Å². The van der Waals surface area contributed by atoms with Crippen molar-refractivity contribution in [1.82, 2.24) is 14.8 Å². The highest BCUT2D eigenvalue weighted by atomic mass is 16.5. The Bertz CT molecular complexity index is 1060. The molecule has 0 radical (unpaired) electrons. The van der Waals surface area contributed by atoms with Gasteiger partial charge in [0.05, 0.1) is 23.9 Å². The van der Waals surface area contributed by atoms with Crippen LogP contribution in [0.4, 0.5) is 5.69 Å². The number of aliphatic hydroxyl groups excluding tert-OH is 1. The number of rotatable bonds is 8. The topological polar surface area (TPSA) is 104 Å². The second-order valence-corrected chi connectivity index (χ2v) is 10.2. The monoisotopic (exact) mass is 510 g/mol. The van der Waals surface area contributed by atoms with Gasteiger partial charge < -0.3 is 24.8 Å². The Morgan fingerprint density at radius 3 is 2.68 bits per heavy atom. The third kappa shape index (κ3) is 6.66. The average molecular weight is 511 g/mol. The number of aliphatic hydroxyl groups is 1. The number of carbonyl (C=O) groups is 2. The fraction of sp³-hybridized carbons (Fsp3) is 0.536. The van der Waals surface area contributed by atoms with Crippen molar-refractivity contribution in [3.8, 4) is 5.75 Å². The molecule has 4 rings (SSSR count). The van der Waals surface area contributed by atoms with E-state index in [1.807, 2.05) is 26.1 Å². The van der Waals surface area contributed by atoms with Gasteiger partial charge >= 0.3 is 0 Å². The smallest absolute Gasteiger partial charge is 0.258 e. The molecule has 0 spiro atoms. The first-order valence-electron chi connectivity index (χ1n) is 13.0. The fourth-order valence-electron chi connectivity index (χ4n) is 4.93. The van der Waals surface area contributed by atoms with Crippen LogP contribution in [0.15, 0.2) is 42.7 Å². The van der Waals surface area contributed by atoms with Crippen LogP contribution in [0.3, 0.4) is 0 Å². The van der Waals surface area contributed by atoms with Gasteiger partial charge in [-0.05, 0) is 56.6 Å². The second kappa shape index (κ2) is 12.5. The lowest BCUT2D eigenvalue weighted by molar-refractivity contribution is -0.122. The van der Waals surface area contributed by atoms with Crippen LogP contribution in [-0.4, -0.2) is 83.8 Å². The summed E-state index contributed by atoms with van der Waals surface area (Å²) in [6.07, 6.45) is 4.64. The van der Waals surface area contributed by atoms with E-state index < -0.39 is 0 Å². The van der Waals surface area contributed by atoms with Gasteiger partial charge in [0.15, 0.2) is 5.75 Å². The molecule has 1 aromatic carbocycles. The molecular weight excluding hydrogens is 472 g/mol. The summed E-state index contributed by atoms with van der Waals surface area (Å²) in [5.74, 6) is -0.0768. The lowest BCUT2D eigenvalue weighted by atomic mass is 9.98. The van der Waals surface area contributed by atoms with Crippen molar-refractivity contribution >= 4 is 17.5 Å². The van der Waals surface area contributed by atoms with Crippen molar-refractivity contribution in [3.05, 3.63) is 53.9 Å². The number of hydrogen-bond donors (Lipinski definition) is 2. The summed E-state index contributed by atoms with van der Waals surface area (Å²) in [5.41, 5.74) is 2.03. The molecule has 0 saturated carbocycles. The molecule has 0 bridgehead atoms. The normalized spacial score (nSPS) is 21.5. The van der Waals surface area contributed by atoms with Crippen LogP contribution < -0.4 is 10.1 Å². The molecule has 0 unspecified atom stereocenters. The summed E-state index contributed by atoms with van der Waals surface area (Å²) in [6, 6.07) is 8.90. The number of carbonyl (C=O) groups excluding carboxylic acids is 2. The molecule has 1 fully saturated rings. The number of ether oxygens (including phenoxy) is 2. The first-order valence-corrected chi connectivity index (χ1v) is 13.0. The van der Waals surface area contributed by atoms with E-state index in [0.717, 1.165) is 12.1 Å². The van der Waals surface area contributed by atoms with Crippen molar-refractivity contribution in [3.63, 3.8) is 0 Å². The highest BCUT2D eigenvalue weighted by molar-refractivity contribution is 6.02. The molecule has 9 nitrogen and oxygen atoms in total. The zero-order valence-corrected chi connectivity index (χ0v) is 21.9. The van der Waals surface area contributed by atoms with Crippen LogP contribution in [0, 0.1) is 11.8 Å². The molecule has 2 N–H and O–H groups in total. The number of aromatic nitrogens is 1. The van der Waals surface area contributed by atoms with Gasteiger partial charge in [-0.15, -0.1) is 0 Å². The Labute approximate surface area is 218 Å². The fourth-order valence-corrected chi connectivity index (χ4v) is 4.93. The van der Waals surface area contributed by atoms with Crippen LogP contribution in [0.5, 0.6) is 5.75 Å². The molecule has 3 heterocycles. The van der Waals surface area contributed by atoms with Gasteiger partial charge in [-0.25, -0.2) is 0 Å². The van der Waals surface area contributed by atoms with Crippen molar-refractivity contribution in [2.24, 2.45) is 11.8 Å². The van der Waals surface area contributed by atoms with Gasteiger partial charge in [-0.1, -0.05) is 13.0 Å². The quantitative estimate of drug-likeness (QED) is 0.563. The largest absolute Gasteiger partial charge is 0.486 e. The van der Waals surface area contributed by atoms with Crippen molar-refractivity contribution < 1.29 is 24.2 Å². The molecule has 2 aliphatic heterocycles. The minimum atomic E-state index is -0.350. The average Bonchev–Trinajstić information content (AvgIpc) is 2.91. The number of benzene rings is 1. The Morgan fingerprint density at radius 1 is 1.24 bits per heavy atom. The van der Waals surface area contributed by atoms with E-state index in [0.29, 0.717) is 56.1 Å². The molecule has 1 saturated heterocycles. The van der Waals surface area contributed by atoms with Crippen LogP contribution in [0.25, 0.3) is 0 Å². The predicted octanol–water partition coefficient (Wildman–Crippen LogP) is 2.80. The predicted molar refractivity (Wildman–Crippen MR) is 140 cm³/mol. The molecule has 1 aromatic heterocycles. The van der Waals surface area contributed by atoms with E-state index in [4.69, 9.17) is 9.47 Å². The number of likely N-dealkylation sites (N-methyl/N-ethyl adjacent to an activating group) is 1. The van der Waals surface area contributed by atoms with E-state index >= 15 is 0 Å². The third-order valence-corrected chi connectivity index (χ3v) is 7.23. The zero-order chi connectivity index (χ0) is 26.4. The Hall–Kier alpha value is -3.01. The maximum atomic E-state index is 13.6. The number of amides is 2. The number of fused-ring (bicyclic) bond motifs is 1. The first kappa shape index (κ1) is 27.0. The maximum Gasteiger partial charge on any atom is 0.258 e. The number of hydrogen-bond acceptors (Lipinski definition) is 7. The number of anilines is 1. The van der Waals surface area contributed by atoms with Gasteiger partial charge in [0, 0.05) is 57.1 Å². The van der Waals surface area contributed by atoms with Gasteiger partial charge in [0.2, 0.25) is 5.91 Å². The highest BCUT2D eigenvalue weighted by Crippen LogP contribution is 2.35. The van der Waals surface area contributed by atoms with Gasteiger partial charge in [0.25, 0.3) is 5.91 Å². The van der Waals surface area contributed by atoms with Crippen LogP contribution in [0.2, 0.25) is 0 Å². The highest BCUT2D eigenvalue weighted by Gasteiger charge is 2.35. The van der Waals surface area contributed by atoms with E-state index in [2.05, 4.69) is 22.1 Å². The van der Waals surface area contributed by atoms with E-state index in [-0.39, 0.29) is 42.4 Å². The molecule has 37 heavy (non-hydrogen) atoms. The summed E-state index contributed by atoms with van der Waals surface area (Å²) < 4.78 is 12.0. The molecule has 3 atom stereocenters. The summed E-state index contributed by atoms with van der Waals surface area (Å²) in [5, 5.41) is 12.9. The summed E-state index contributed by atoms with van der Waals surface area (Å²) >= 11 is 0. The van der Waals surface area contributed by atoms with E-state index in [1.54, 1.807) is 35.5 Å². The number of para-hydroxylation sites is 1. The number of pyridine rings is 1. The Kier molecular flexibility index (Phi) is 9.13. The van der Waals surface area contributed by atoms with Crippen LogP contribution in [0.1, 0.15) is 42.6 Å². The molecule has 2 aliphatic rings. The Balaban J connectivity index is 1.63. The van der Waals surface area contributed by atoms with Gasteiger partial charge in [-0.2, -0.15) is 0 Å². The van der Waals surface area contributed by atoms with Crippen LogP contribution in [-0.2, 0) is 16.1 Å². The maximum absolute atomic E-state index is 13.6. The summed E-state index contributed by atoms with van der Waals surface area (Å²) in [4.78, 5) is 34.7. The molecule has 9 heteroatoms. The Morgan fingerprint density at radius 2 is 1.97 bits per heavy atom. The SMILES string of the molecule is C[C@@H]1CN([C@@H](C)CO)C(=O)c2cccc(NC(=O)C3CCOCC3)c2O[C@@H]1CN(C)Cc1ccncc1. The molecular formula is C28H38N4O5. The lowest BCUT2D eigenvalue weighted by Gasteiger charge is -2.38. The van der Waals surface area contributed by atoms with Crippen LogP contribution >= 0.6 is 0 Å². The van der Waals surface area contributed by atoms with Gasteiger partial charge in [0.1, 0.15) is 6.10 Å². The molecule has 200 valence electrons. The van der Waals surface area contributed by atoms with Crippen molar-refractivity contribution in [2.45, 2.75) is 45.4 Å². The molecule has 0 aliphatic carbocycles. The zero-order valence-electron chi connectivity index (χ0n) is 21.9. The summed E-state index contributed by atoms with van der Waals surface area (Å²) in [6.45, 7) is 6.68. The van der Waals surface area contributed by atoms with Gasteiger partial charge in [-0.3, -0.25) is 19.5 Å².